The molecule has 2 atom stereocenters. The molecule has 1 N–H and O–H groups in total. The van der Waals surface area contributed by atoms with Crippen molar-refractivity contribution in [3.63, 3.8) is 0 Å². The van der Waals surface area contributed by atoms with Crippen molar-refractivity contribution in [2.75, 3.05) is 18.0 Å². The van der Waals surface area contributed by atoms with Gasteiger partial charge in [-0.1, -0.05) is 39.8 Å². The number of hydrogen-bond acceptors (Lipinski definition) is 2. The number of piperazine rings is 1. The van der Waals surface area contributed by atoms with Crippen molar-refractivity contribution in [2.45, 2.75) is 53.6 Å². The molecule has 2 rings (SSSR count). The smallest absolute Gasteiger partial charge is 0.0438 e. The Labute approximate surface area is 124 Å². The highest BCUT2D eigenvalue weighted by molar-refractivity contribution is 5.57. The highest BCUT2D eigenvalue weighted by Crippen LogP contribution is 2.29. The van der Waals surface area contributed by atoms with Crippen LogP contribution in [0.4, 0.5) is 5.69 Å². The molecule has 20 heavy (non-hydrogen) atoms. The maximum atomic E-state index is 3.74. The molecule has 0 aromatic heterocycles. The fourth-order valence-electron chi connectivity index (χ4n) is 3.16. The van der Waals surface area contributed by atoms with Gasteiger partial charge in [0.1, 0.15) is 0 Å². The highest BCUT2D eigenvalue weighted by atomic mass is 15.2. The summed E-state index contributed by atoms with van der Waals surface area (Å²) in [6.07, 6.45) is 0. The molecule has 1 aromatic carbocycles. The Morgan fingerprint density at radius 1 is 1.10 bits per heavy atom. The predicted octanol–water partition coefficient (Wildman–Crippen LogP) is 3.76. The average molecular weight is 274 g/mol. The largest absolute Gasteiger partial charge is 0.365 e. The van der Waals surface area contributed by atoms with Crippen LogP contribution in [0.5, 0.6) is 0 Å². The van der Waals surface area contributed by atoms with E-state index < -0.39 is 0 Å². The summed E-state index contributed by atoms with van der Waals surface area (Å²) in [7, 11) is 0. The molecule has 2 heteroatoms. The van der Waals surface area contributed by atoms with Gasteiger partial charge in [-0.25, -0.2) is 0 Å². The first kappa shape index (κ1) is 15.4. The first-order valence-electron chi connectivity index (χ1n) is 7.98. The van der Waals surface area contributed by atoms with Crippen LogP contribution in [0.25, 0.3) is 0 Å². The van der Waals surface area contributed by atoms with Gasteiger partial charge < -0.3 is 10.2 Å². The second-order valence-electron chi connectivity index (χ2n) is 6.94. The van der Waals surface area contributed by atoms with Crippen molar-refractivity contribution in [3.05, 3.63) is 29.3 Å². The van der Waals surface area contributed by atoms with Crippen LogP contribution in [0.2, 0.25) is 0 Å². The summed E-state index contributed by atoms with van der Waals surface area (Å²) >= 11 is 0. The highest BCUT2D eigenvalue weighted by Gasteiger charge is 2.31. The van der Waals surface area contributed by atoms with E-state index in [1.807, 2.05) is 0 Å². The molecule has 1 saturated heterocycles. The van der Waals surface area contributed by atoms with Gasteiger partial charge in [0, 0.05) is 30.9 Å². The van der Waals surface area contributed by atoms with Gasteiger partial charge in [0.2, 0.25) is 0 Å². The van der Waals surface area contributed by atoms with Crippen LogP contribution in [-0.4, -0.2) is 25.2 Å². The molecule has 0 amide bonds. The Morgan fingerprint density at radius 3 is 2.40 bits per heavy atom. The number of aryl methyl sites for hydroxylation is 1. The topological polar surface area (TPSA) is 15.3 Å². The first-order chi connectivity index (χ1) is 9.41. The Morgan fingerprint density at radius 2 is 1.80 bits per heavy atom. The third-order valence-corrected chi connectivity index (χ3v) is 4.84. The third kappa shape index (κ3) is 3.01. The fraction of sp³-hybridized carbons (Fsp3) is 0.667. The van der Waals surface area contributed by atoms with Crippen molar-refractivity contribution in [2.24, 2.45) is 11.8 Å². The van der Waals surface area contributed by atoms with Crippen LogP contribution in [-0.2, 0) is 0 Å². The van der Waals surface area contributed by atoms with Crippen LogP contribution in [0, 0.1) is 25.7 Å². The van der Waals surface area contributed by atoms with Crippen LogP contribution < -0.4 is 10.2 Å². The second kappa shape index (κ2) is 6.17. The van der Waals surface area contributed by atoms with Crippen LogP contribution in [0.15, 0.2) is 18.2 Å². The summed E-state index contributed by atoms with van der Waals surface area (Å²) in [5, 5.41) is 3.74. The monoisotopic (exact) mass is 274 g/mol. The molecular formula is C18H30N2. The molecule has 0 aliphatic carbocycles. The van der Waals surface area contributed by atoms with E-state index in [2.05, 4.69) is 70.0 Å². The summed E-state index contributed by atoms with van der Waals surface area (Å²) in [5.74, 6) is 1.34. The Kier molecular flexibility index (Phi) is 4.74. The quantitative estimate of drug-likeness (QED) is 0.903. The van der Waals surface area contributed by atoms with Crippen molar-refractivity contribution in [1.82, 2.24) is 5.32 Å². The summed E-state index contributed by atoms with van der Waals surface area (Å²) in [5.41, 5.74) is 4.25. The Balaban J connectivity index is 2.34. The van der Waals surface area contributed by atoms with E-state index >= 15 is 0 Å². The SMILES string of the molecule is Cc1cccc(N2CC(C(C)C)NCC2C(C)C)c1C. The number of nitrogens with one attached hydrogen (secondary N) is 1. The fourth-order valence-corrected chi connectivity index (χ4v) is 3.16. The lowest BCUT2D eigenvalue weighted by atomic mass is 9.92. The molecule has 0 spiro atoms. The van der Waals surface area contributed by atoms with Gasteiger partial charge in [-0.2, -0.15) is 0 Å². The molecule has 1 aliphatic rings. The maximum Gasteiger partial charge on any atom is 0.0438 e. The van der Waals surface area contributed by atoms with Gasteiger partial charge in [-0.3, -0.25) is 0 Å². The van der Waals surface area contributed by atoms with E-state index in [4.69, 9.17) is 0 Å². The predicted molar refractivity (Wildman–Crippen MR) is 88.5 cm³/mol. The summed E-state index contributed by atoms with van der Waals surface area (Å²) < 4.78 is 0. The number of anilines is 1. The van der Waals surface area contributed by atoms with Gasteiger partial charge in [0.05, 0.1) is 0 Å². The van der Waals surface area contributed by atoms with Crippen molar-refractivity contribution in [3.8, 4) is 0 Å². The lowest BCUT2D eigenvalue weighted by Gasteiger charge is -2.45. The average Bonchev–Trinajstić information content (AvgIpc) is 2.41. The Bertz CT molecular complexity index is 451. The zero-order valence-electron chi connectivity index (χ0n) is 13.9. The van der Waals surface area contributed by atoms with E-state index in [1.54, 1.807) is 0 Å². The summed E-state index contributed by atoms with van der Waals surface area (Å²) in [4.78, 5) is 2.65. The van der Waals surface area contributed by atoms with Crippen molar-refractivity contribution < 1.29 is 0 Å². The number of rotatable bonds is 3. The maximum absolute atomic E-state index is 3.74. The normalized spacial score (nSPS) is 23.7. The molecule has 1 fully saturated rings. The van der Waals surface area contributed by atoms with E-state index in [0.717, 1.165) is 13.1 Å². The van der Waals surface area contributed by atoms with Gasteiger partial charge in [-0.05, 0) is 42.9 Å². The van der Waals surface area contributed by atoms with Crippen LogP contribution in [0.3, 0.4) is 0 Å². The molecule has 1 aromatic rings. The number of nitrogens with zero attached hydrogens (tertiary/aromatic N) is 1. The van der Waals surface area contributed by atoms with E-state index in [1.165, 1.54) is 16.8 Å². The zero-order chi connectivity index (χ0) is 14.9. The molecule has 1 heterocycles. The standard InChI is InChI=1S/C18H30N2/c1-12(2)16-11-20(18(10-19-16)13(3)4)17-9-7-8-14(5)15(17)6/h7-9,12-13,16,18-19H,10-11H2,1-6H3. The molecule has 0 radical (unpaired) electrons. The van der Waals surface area contributed by atoms with E-state index in [-0.39, 0.29) is 0 Å². The van der Waals surface area contributed by atoms with E-state index in [0.29, 0.717) is 23.9 Å². The molecule has 0 bridgehead atoms. The number of benzene rings is 1. The molecule has 112 valence electrons. The third-order valence-electron chi connectivity index (χ3n) is 4.84. The van der Waals surface area contributed by atoms with Crippen LogP contribution in [0.1, 0.15) is 38.8 Å². The molecule has 1 aliphatic heterocycles. The zero-order valence-corrected chi connectivity index (χ0v) is 13.9. The van der Waals surface area contributed by atoms with E-state index in [9.17, 15) is 0 Å². The minimum absolute atomic E-state index is 0.588. The van der Waals surface area contributed by atoms with Gasteiger partial charge in [-0.15, -0.1) is 0 Å². The molecule has 2 unspecified atom stereocenters. The van der Waals surface area contributed by atoms with Gasteiger partial charge in [0.25, 0.3) is 0 Å². The van der Waals surface area contributed by atoms with Gasteiger partial charge in [0.15, 0.2) is 0 Å². The molecule has 0 saturated carbocycles. The minimum atomic E-state index is 0.588. The Hall–Kier alpha value is -1.02. The van der Waals surface area contributed by atoms with Gasteiger partial charge >= 0.3 is 0 Å². The van der Waals surface area contributed by atoms with Crippen molar-refractivity contribution in [1.29, 1.82) is 0 Å². The lowest BCUT2D eigenvalue weighted by molar-refractivity contribution is 0.295. The molecular weight excluding hydrogens is 244 g/mol. The summed E-state index contributed by atoms with van der Waals surface area (Å²) in [6.45, 7) is 16.0. The lowest BCUT2D eigenvalue weighted by Crippen LogP contribution is -2.60. The minimum Gasteiger partial charge on any atom is -0.365 e. The first-order valence-corrected chi connectivity index (χ1v) is 7.98. The molecule has 2 nitrogen and oxygen atoms in total. The summed E-state index contributed by atoms with van der Waals surface area (Å²) in [6, 6.07) is 7.88. The van der Waals surface area contributed by atoms with Crippen LogP contribution >= 0.6 is 0 Å². The number of hydrogen-bond donors (Lipinski definition) is 1. The second-order valence-corrected chi connectivity index (χ2v) is 6.94. The van der Waals surface area contributed by atoms with Crippen molar-refractivity contribution >= 4 is 5.69 Å².